The largest absolute Gasteiger partial charge is 0.484 e. The molecule has 0 saturated heterocycles. The van der Waals surface area contributed by atoms with Gasteiger partial charge in [0.15, 0.2) is 12.4 Å². The van der Waals surface area contributed by atoms with Crippen LogP contribution < -0.4 is 19.5 Å². The summed E-state index contributed by atoms with van der Waals surface area (Å²) in [6.07, 6.45) is 0. The molecule has 10 heteroatoms. The molecule has 0 saturated carbocycles. The lowest BCUT2D eigenvalue weighted by molar-refractivity contribution is -0.118. The van der Waals surface area contributed by atoms with Gasteiger partial charge < -0.3 is 14.8 Å². The summed E-state index contributed by atoms with van der Waals surface area (Å²) >= 11 is 11.9. The fourth-order valence-electron chi connectivity index (χ4n) is 3.15. The molecule has 0 heterocycles. The van der Waals surface area contributed by atoms with Gasteiger partial charge in [-0.05, 0) is 66.7 Å². The van der Waals surface area contributed by atoms with Crippen LogP contribution in [0.5, 0.6) is 17.2 Å². The zero-order chi connectivity index (χ0) is 25.5. The van der Waals surface area contributed by atoms with Gasteiger partial charge in [0.2, 0.25) is 0 Å². The van der Waals surface area contributed by atoms with E-state index < -0.39 is 15.9 Å². The normalized spacial score (nSPS) is 10.9. The molecule has 4 aromatic rings. The molecule has 0 aliphatic heterocycles. The van der Waals surface area contributed by atoms with Crippen molar-refractivity contribution in [2.24, 2.45) is 0 Å². The Labute approximate surface area is 218 Å². The molecule has 2 N–H and O–H groups in total. The highest BCUT2D eigenvalue weighted by molar-refractivity contribution is 7.92. The van der Waals surface area contributed by atoms with E-state index in [9.17, 15) is 13.2 Å². The summed E-state index contributed by atoms with van der Waals surface area (Å²) in [4.78, 5) is 12.5. The fraction of sp³-hybridized carbons (Fsp3) is 0.0385. The van der Waals surface area contributed by atoms with Crippen molar-refractivity contribution in [2.45, 2.75) is 4.90 Å². The van der Waals surface area contributed by atoms with Gasteiger partial charge >= 0.3 is 0 Å². The van der Waals surface area contributed by atoms with Crippen LogP contribution in [-0.2, 0) is 14.8 Å². The Hall–Kier alpha value is -3.72. The van der Waals surface area contributed by atoms with Gasteiger partial charge in [0.25, 0.3) is 15.9 Å². The number of halogens is 2. The molecular formula is C26H20Cl2N2O5S. The molecular weight excluding hydrogens is 523 g/mol. The average Bonchev–Trinajstić information content (AvgIpc) is 2.84. The monoisotopic (exact) mass is 542 g/mol. The summed E-state index contributed by atoms with van der Waals surface area (Å²) in [6, 6.07) is 26.3. The van der Waals surface area contributed by atoms with Gasteiger partial charge in [-0.15, -0.1) is 0 Å². The van der Waals surface area contributed by atoms with E-state index in [1.807, 2.05) is 30.3 Å². The van der Waals surface area contributed by atoms with Crippen LogP contribution in [0.2, 0.25) is 10.0 Å². The Kier molecular flexibility index (Phi) is 8.00. The maximum Gasteiger partial charge on any atom is 0.262 e. The van der Waals surface area contributed by atoms with Crippen LogP contribution in [0, 0.1) is 0 Å². The van der Waals surface area contributed by atoms with Crippen LogP contribution in [0.4, 0.5) is 11.4 Å². The molecule has 0 aromatic heterocycles. The molecule has 36 heavy (non-hydrogen) atoms. The summed E-state index contributed by atoms with van der Waals surface area (Å²) in [7, 11) is -3.88. The minimum Gasteiger partial charge on any atom is -0.484 e. The Morgan fingerprint density at radius 3 is 2.11 bits per heavy atom. The number of ether oxygens (including phenoxy) is 2. The molecule has 4 aromatic carbocycles. The van der Waals surface area contributed by atoms with Crippen LogP contribution in [0.25, 0.3) is 0 Å². The van der Waals surface area contributed by atoms with E-state index in [0.717, 1.165) is 0 Å². The highest BCUT2D eigenvalue weighted by atomic mass is 35.5. The van der Waals surface area contributed by atoms with Crippen molar-refractivity contribution >= 4 is 50.5 Å². The third-order valence-corrected chi connectivity index (χ3v) is 6.58. The molecule has 0 radical (unpaired) electrons. The predicted octanol–water partition coefficient (Wildman–Crippen LogP) is 6.60. The number of rotatable bonds is 9. The highest BCUT2D eigenvalue weighted by Gasteiger charge is 2.15. The van der Waals surface area contributed by atoms with E-state index in [-0.39, 0.29) is 17.2 Å². The number of hydrogen-bond donors (Lipinski definition) is 2. The summed E-state index contributed by atoms with van der Waals surface area (Å²) in [5, 5.41) is 3.36. The number of hydrogen-bond acceptors (Lipinski definition) is 5. The molecule has 7 nitrogen and oxygen atoms in total. The Morgan fingerprint density at radius 1 is 0.778 bits per heavy atom. The van der Waals surface area contributed by atoms with E-state index in [0.29, 0.717) is 33.0 Å². The molecule has 0 unspecified atom stereocenters. The van der Waals surface area contributed by atoms with Crippen molar-refractivity contribution < 1.29 is 22.7 Å². The first-order valence-electron chi connectivity index (χ1n) is 10.6. The minimum atomic E-state index is -3.88. The van der Waals surface area contributed by atoms with Crippen molar-refractivity contribution in [1.82, 2.24) is 0 Å². The first kappa shape index (κ1) is 25.4. The third-order valence-electron chi connectivity index (χ3n) is 4.75. The van der Waals surface area contributed by atoms with Gasteiger partial charge in [0.1, 0.15) is 11.5 Å². The lowest BCUT2D eigenvalue weighted by Crippen LogP contribution is -2.20. The lowest BCUT2D eigenvalue weighted by Gasteiger charge is -2.13. The number of sulfonamides is 1. The van der Waals surface area contributed by atoms with Crippen LogP contribution in [0.15, 0.2) is 102 Å². The highest BCUT2D eigenvalue weighted by Crippen LogP contribution is 2.29. The minimum absolute atomic E-state index is 0.00221. The van der Waals surface area contributed by atoms with E-state index in [1.54, 1.807) is 24.3 Å². The number of nitrogens with one attached hydrogen (secondary N) is 2. The van der Waals surface area contributed by atoms with Gasteiger partial charge in [-0.1, -0.05) is 53.5 Å². The molecule has 0 bridgehead atoms. The Balaban J connectivity index is 1.35. The number of carbonyl (C=O) groups excluding carboxylic acids is 1. The quantitative estimate of drug-likeness (QED) is 0.248. The van der Waals surface area contributed by atoms with Gasteiger partial charge in [0, 0.05) is 10.0 Å². The fourth-order valence-corrected chi connectivity index (χ4v) is 4.72. The van der Waals surface area contributed by atoms with Crippen molar-refractivity contribution in [3.8, 4) is 17.2 Å². The topological polar surface area (TPSA) is 93.7 Å². The summed E-state index contributed by atoms with van der Waals surface area (Å²) in [5.74, 6) is 1.04. The van der Waals surface area contributed by atoms with Gasteiger partial charge in [-0.25, -0.2) is 8.42 Å². The second-order valence-electron chi connectivity index (χ2n) is 7.48. The first-order chi connectivity index (χ1) is 17.3. The average molecular weight is 543 g/mol. The molecule has 1 amide bonds. The maximum absolute atomic E-state index is 12.7. The Bertz CT molecular complexity index is 1440. The van der Waals surface area contributed by atoms with Crippen LogP contribution >= 0.6 is 23.2 Å². The SMILES string of the molecule is O=C(COc1ccc(S(=O)(=O)Nc2cc(Cl)cc(Cl)c2)cc1)Nc1ccccc1Oc1ccccc1. The smallest absolute Gasteiger partial charge is 0.262 e. The molecule has 0 aliphatic carbocycles. The number of para-hydroxylation sites is 3. The van der Waals surface area contributed by atoms with Gasteiger partial charge in [-0.3, -0.25) is 9.52 Å². The zero-order valence-corrected chi connectivity index (χ0v) is 21.0. The third kappa shape index (κ3) is 6.91. The van der Waals surface area contributed by atoms with Crippen molar-refractivity contribution in [3.05, 3.63) is 107 Å². The van der Waals surface area contributed by atoms with Crippen LogP contribution in [-0.4, -0.2) is 20.9 Å². The maximum atomic E-state index is 12.7. The zero-order valence-electron chi connectivity index (χ0n) is 18.7. The van der Waals surface area contributed by atoms with E-state index >= 15 is 0 Å². The van der Waals surface area contributed by atoms with Crippen molar-refractivity contribution in [2.75, 3.05) is 16.6 Å². The van der Waals surface area contributed by atoms with Crippen molar-refractivity contribution in [3.63, 3.8) is 0 Å². The molecule has 0 spiro atoms. The van der Waals surface area contributed by atoms with Crippen molar-refractivity contribution in [1.29, 1.82) is 0 Å². The molecule has 4 rings (SSSR count). The molecule has 184 valence electrons. The standard InChI is InChI=1S/C26H20Cl2N2O5S/c27-18-14-19(28)16-20(15-18)30-36(32,33)23-12-10-21(11-13-23)34-17-26(31)29-24-8-4-5-9-25(24)35-22-6-2-1-3-7-22/h1-16,30H,17H2,(H,29,31). The second kappa shape index (κ2) is 11.3. The van der Waals surface area contributed by atoms with Gasteiger partial charge in [0.05, 0.1) is 16.3 Å². The van der Waals surface area contributed by atoms with Crippen LogP contribution in [0.1, 0.15) is 0 Å². The molecule has 0 aliphatic rings. The van der Waals surface area contributed by atoms with E-state index in [2.05, 4.69) is 10.0 Å². The number of amides is 1. The molecule has 0 atom stereocenters. The van der Waals surface area contributed by atoms with E-state index in [1.165, 1.54) is 42.5 Å². The van der Waals surface area contributed by atoms with Crippen LogP contribution in [0.3, 0.4) is 0 Å². The molecule has 0 fully saturated rings. The number of anilines is 2. The predicted molar refractivity (Wildman–Crippen MR) is 141 cm³/mol. The number of benzene rings is 4. The number of carbonyl (C=O) groups is 1. The first-order valence-corrected chi connectivity index (χ1v) is 12.9. The second-order valence-corrected chi connectivity index (χ2v) is 10.0. The summed E-state index contributed by atoms with van der Waals surface area (Å²) < 4.78 is 39.1. The van der Waals surface area contributed by atoms with E-state index in [4.69, 9.17) is 32.7 Å². The van der Waals surface area contributed by atoms with Gasteiger partial charge in [-0.2, -0.15) is 0 Å². The lowest BCUT2D eigenvalue weighted by atomic mass is 10.3. The Morgan fingerprint density at radius 2 is 1.42 bits per heavy atom. The summed E-state index contributed by atoms with van der Waals surface area (Å²) in [6.45, 7) is -0.287. The summed E-state index contributed by atoms with van der Waals surface area (Å²) in [5.41, 5.74) is 0.726.